The molecule has 1 aromatic rings. The fourth-order valence-electron chi connectivity index (χ4n) is 3.55. The topological polar surface area (TPSA) is 44.5 Å². The van der Waals surface area contributed by atoms with Crippen molar-refractivity contribution in [3.8, 4) is 0 Å². The molecule has 1 N–H and O–H groups in total. The number of nitrogens with zero attached hydrogens (tertiary/aromatic N) is 4. The normalized spacial score (nSPS) is 22.7. The molecule has 0 unspecified atom stereocenters. The van der Waals surface area contributed by atoms with Gasteiger partial charge in [-0.25, -0.2) is 0 Å². The smallest absolute Gasteiger partial charge is 0.0764 e. The minimum absolute atomic E-state index is 0.270. The quantitative estimate of drug-likeness (QED) is 0.893. The maximum Gasteiger partial charge on any atom is 0.0764 e. The second-order valence-electron chi connectivity index (χ2n) is 6.42. The van der Waals surface area contributed by atoms with Crippen molar-refractivity contribution in [2.75, 3.05) is 39.3 Å². The molecule has 3 rings (SSSR count). The van der Waals surface area contributed by atoms with Gasteiger partial charge in [-0.15, -0.1) is 0 Å². The molecule has 0 amide bonds. The molecule has 0 radical (unpaired) electrons. The lowest BCUT2D eigenvalue weighted by molar-refractivity contribution is 0.107. The van der Waals surface area contributed by atoms with Crippen molar-refractivity contribution in [3.05, 3.63) is 18.0 Å². The van der Waals surface area contributed by atoms with E-state index in [0.717, 1.165) is 39.3 Å². The van der Waals surface area contributed by atoms with Gasteiger partial charge in [-0.05, 0) is 18.9 Å². The van der Waals surface area contributed by atoms with Crippen LogP contribution in [0, 0.1) is 0 Å². The number of aliphatic hydroxyl groups is 1. The summed E-state index contributed by atoms with van der Waals surface area (Å²) in [5.41, 5.74) is 1.20. The summed E-state index contributed by atoms with van der Waals surface area (Å²) in [5, 5.41) is 13.8. The lowest BCUT2D eigenvalue weighted by Crippen LogP contribution is -2.46. The summed E-state index contributed by atoms with van der Waals surface area (Å²) in [7, 11) is 0. The van der Waals surface area contributed by atoms with Crippen molar-refractivity contribution in [1.82, 2.24) is 19.6 Å². The Morgan fingerprint density at radius 2 is 1.76 bits per heavy atom. The number of aliphatic hydroxyl groups excluding tert-OH is 1. The highest BCUT2D eigenvalue weighted by Crippen LogP contribution is 2.27. The van der Waals surface area contributed by atoms with Gasteiger partial charge in [0.1, 0.15) is 0 Å². The largest absolute Gasteiger partial charge is 0.395 e. The van der Waals surface area contributed by atoms with E-state index in [2.05, 4.69) is 26.7 Å². The third-order valence-electron chi connectivity index (χ3n) is 4.88. The predicted molar refractivity (Wildman–Crippen MR) is 83.2 cm³/mol. The zero-order chi connectivity index (χ0) is 14.5. The summed E-state index contributed by atoms with van der Waals surface area (Å²) in [6.07, 6.45) is 8.86. The first-order valence-electron chi connectivity index (χ1n) is 8.45. The van der Waals surface area contributed by atoms with Crippen LogP contribution in [-0.2, 0) is 6.54 Å². The molecule has 0 spiro atoms. The van der Waals surface area contributed by atoms with E-state index >= 15 is 0 Å². The minimum atomic E-state index is 0.270. The summed E-state index contributed by atoms with van der Waals surface area (Å²) >= 11 is 0. The second-order valence-corrected chi connectivity index (χ2v) is 6.42. The van der Waals surface area contributed by atoms with Crippen molar-refractivity contribution in [2.45, 2.75) is 44.7 Å². The Kier molecular flexibility index (Phi) is 5.27. The molecule has 2 fully saturated rings. The van der Waals surface area contributed by atoms with E-state index in [9.17, 15) is 0 Å². The predicted octanol–water partition coefficient (Wildman–Crippen LogP) is 1.50. The summed E-state index contributed by atoms with van der Waals surface area (Å²) in [4.78, 5) is 4.80. The van der Waals surface area contributed by atoms with Gasteiger partial charge in [0, 0.05) is 45.5 Å². The van der Waals surface area contributed by atoms with Crippen molar-refractivity contribution in [3.63, 3.8) is 0 Å². The third kappa shape index (κ3) is 4.05. The Morgan fingerprint density at radius 3 is 2.48 bits per heavy atom. The van der Waals surface area contributed by atoms with E-state index in [1.54, 1.807) is 0 Å². The SMILES string of the molecule is OCCN1CCN(Cc2ccn(C3CCCCC3)n2)CC1. The van der Waals surface area contributed by atoms with Crippen LogP contribution in [0.1, 0.15) is 43.8 Å². The Morgan fingerprint density at radius 1 is 1.05 bits per heavy atom. The van der Waals surface area contributed by atoms with Crippen LogP contribution in [0.5, 0.6) is 0 Å². The zero-order valence-corrected chi connectivity index (χ0v) is 13.0. The van der Waals surface area contributed by atoms with Crippen LogP contribution in [-0.4, -0.2) is 64.0 Å². The van der Waals surface area contributed by atoms with Gasteiger partial charge in [0.25, 0.3) is 0 Å². The Hall–Kier alpha value is -0.910. The summed E-state index contributed by atoms with van der Waals surface area (Å²) < 4.78 is 2.20. The van der Waals surface area contributed by atoms with Gasteiger partial charge in [0.15, 0.2) is 0 Å². The highest BCUT2D eigenvalue weighted by Gasteiger charge is 2.19. The number of piperazine rings is 1. The first kappa shape index (κ1) is 15.0. The molecule has 1 saturated carbocycles. The standard InChI is InChI=1S/C16H28N4O/c21-13-12-18-8-10-19(11-9-18)14-15-6-7-20(17-15)16-4-2-1-3-5-16/h6-7,16,21H,1-5,8-14H2. The second kappa shape index (κ2) is 7.38. The van der Waals surface area contributed by atoms with E-state index < -0.39 is 0 Å². The Bertz CT molecular complexity index is 420. The number of β-amino-alcohol motifs (C(OH)–C–C–N with tert-alkyl or cyclic N) is 1. The molecule has 1 aliphatic heterocycles. The van der Waals surface area contributed by atoms with Gasteiger partial charge in [-0.3, -0.25) is 14.5 Å². The van der Waals surface area contributed by atoms with Crippen molar-refractivity contribution in [2.24, 2.45) is 0 Å². The average molecular weight is 292 g/mol. The van der Waals surface area contributed by atoms with Crippen LogP contribution in [0.15, 0.2) is 12.3 Å². The lowest BCUT2D eigenvalue weighted by atomic mass is 9.96. The Balaban J connectivity index is 1.48. The van der Waals surface area contributed by atoms with Crippen molar-refractivity contribution >= 4 is 0 Å². The summed E-state index contributed by atoms with van der Waals surface area (Å²) in [6, 6.07) is 2.82. The fraction of sp³-hybridized carbons (Fsp3) is 0.812. The third-order valence-corrected chi connectivity index (χ3v) is 4.88. The van der Waals surface area contributed by atoms with Crippen LogP contribution >= 0.6 is 0 Å². The molecule has 1 aliphatic carbocycles. The maximum atomic E-state index is 8.98. The molecule has 2 heterocycles. The van der Waals surface area contributed by atoms with Gasteiger partial charge in [-0.2, -0.15) is 5.10 Å². The zero-order valence-electron chi connectivity index (χ0n) is 13.0. The average Bonchev–Trinajstić information content (AvgIpc) is 2.99. The first-order chi connectivity index (χ1) is 10.3. The van der Waals surface area contributed by atoms with Crippen LogP contribution in [0.2, 0.25) is 0 Å². The van der Waals surface area contributed by atoms with Gasteiger partial charge >= 0.3 is 0 Å². The van der Waals surface area contributed by atoms with E-state index in [-0.39, 0.29) is 6.61 Å². The van der Waals surface area contributed by atoms with Crippen LogP contribution < -0.4 is 0 Å². The van der Waals surface area contributed by atoms with Crippen LogP contribution in [0.25, 0.3) is 0 Å². The number of aromatic nitrogens is 2. The summed E-state index contributed by atoms with van der Waals surface area (Å²) in [6.45, 7) is 6.32. The highest BCUT2D eigenvalue weighted by molar-refractivity contribution is 5.00. The van der Waals surface area contributed by atoms with E-state index in [4.69, 9.17) is 10.2 Å². The van der Waals surface area contributed by atoms with E-state index in [0.29, 0.717) is 6.04 Å². The van der Waals surface area contributed by atoms with Crippen LogP contribution in [0.3, 0.4) is 0 Å². The monoisotopic (exact) mass is 292 g/mol. The molecule has 1 aromatic heterocycles. The van der Waals surface area contributed by atoms with E-state index in [1.165, 1.54) is 37.8 Å². The molecule has 5 heteroatoms. The summed E-state index contributed by atoms with van der Waals surface area (Å²) in [5.74, 6) is 0. The molecule has 21 heavy (non-hydrogen) atoms. The van der Waals surface area contributed by atoms with Gasteiger partial charge in [-0.1, -0.05) is 19.3 Å². The van der Waals surface area contributed by atoms with E-state index in [1.807, 2.05) is 0 Å². The maximum absolute atomic E-state index is 8.98. The first-order valence-corrected chi connectivity index (χ1v) is 8.45. The molecule has 118 valence electrons. The molecule has 1 saturated heterocycles. The van der Waals surface area contributed by atoms with Crippen molar-refractivity contribution in [1.29, 1.82) is 0 Å². The number of hydrogen-bond acceptors (Lipinski definition) is 4. The Labute approximate surface area is 127 Å². The van der Waals surface area contributed by atoms with Crippen molar-refractivity contribution < 1.29 is 5.11 Å². The van der Waals surface area contributed by atoms with Gasteiger partial charge in [0.2, 0.25) is 0 Å². The van der Waals surface area contributed by atoms with Gasteiger partial charge < -0.3 is 5.11 Å². The molecule has 0 bridgehead atoms. The molecule has 0 aromatic carbocycles. The highest BCUT2D eigenvalue weighted by atomic mass is 16.3. The fourth-order valence-corrected chi connectivity index (χ4v) is 3.55. The molecule has 2 aliphatic rings. The van der Waals surface area contributed by atoms with Crippen LogP contribution in [0.4, 0.5) is 0 Å². The number of rotatable bonds is 5. The lowest BCUT2D eigenvalue weighted by Gasteiger charge is -2.33. The molecule has 5 nitrogen and oxygen atoms in total. The molecular formula is C16H28N4O. The molecule has 0 atom stereocenters. The molecular weight excluding hydrogens is 264 g/mol. The minimum Gasteiger partial charge on any atom is -0.395 e. The number of hydrogen-bond donors (Lipinski definition) is 1. The van der Waals surface area contributed by atoms with Gasteiger partial charge in [0.05, 0.1) is 18.3 Å².